The van der Waals surface area contributed by atoms with Gasteiger partial charge in [-0.2, -0.15) is 13.2 Å². The third-order valence-electron chi connectivity index (χ3n) is 3.71. The number of nitrogens with one attached hydrogen (secondary N) is 1. The third kappa shape index (κ3) is 5.07. The first-order valence-corrected chi connectivity index (χ1v) is 8.23. The number of ether oxygens (including phenoxy) is 1. The molecule has 27 heavy (non-hydrogen) atoms. The molecule has 0 amide bonds. The number of hydrogen-bond donors (Lipinski definition) is 1. The van der Waals surface area contributed by atoms with Crippen LogP contribution < -0.4 is 10.4 Å². The van der Waals surface area contributed by atoms with Gasteiger partial charge in [0.15, 0.2) is 0 Å². The van der Waals surface area contributed by atoms with Crippen molar-refractivity contribution in [2.45, 2.75) is 19.0 Å². The molecule has 0 radical (unpaired) electrons. The van der Waals surface area contributed by atoms with Gasteiger partial charge in [-0.3, -0.25) is 0 Å². The summed E-state index contributed by atoms with van der Waals surface area (Å²) in [5, 5.41) is 0.392. The first-order valence-electron chi connectivity index (χ1n) is 7.85. The van der Waals surface area contributed by atoms with Crippen molar-refractivity contribution in [3.8, 4) is 11.6 Å². The zero-order chi connectivity index (χ0) is 19.4. The van der Waals surface area contributed by atoms with Crippen LogP contribution in [0.25, 0.3) is 0 Å². The van der Waals surface area contributed by atoms with Crippen LogP contribution in [0.4, 0.5) is 13.2 Å². The Hall–Kier alpha value is -2.87. The van der Waals surface area contributed by atoms with E-state index in [1.165, 1.54) is 12.3 Å². The summed E-state index contributed by atoms with van der Waals surface area (Å²) < 4.78 is 43.0. The summed E-state index contributed by atoms with van der Waals surface area (Å²) in [5.41, 5.74) is 0.280. The Morgan fingerprint density at radius 2 is 1.74 bits per heavy atom. The lowest BCUT2D eigenvalue weighted by molar-refractivity contribution is -0.137. The number of alkyl halides is 3. The third-order valence-corrected chi connectivity index (χ3v) is 4.04. The van der Waals surface area contributed by atoms with Crippen molar-refractivity contribution >= 4 is 11.6 Å². The number of halogens is 4. The maximum atomic E-state index is 12.5. The van der Waals surface area contributed by atoms with E-state index in [0.717, 1.165) is 17.8 Å². The van der Waals surface area contributed by atoms with Gasteiger partial charge < -0.3 is 9.72 Å². The highest BCUT2D eigenvalue weighted by atomic mass is 35.5. The SMILES string of the molecule is O=c1ncc(Cl)c(CCc2ccc(Oc3ccc(C(F)(F)F)cn3)cc2)[nH]1. The predicted molar refractivity (Wildman–Crippen MR) is 93.0 cm³/mol. The molecule has 2 aromatic heterocycles. The molecule has 140 valence electrons. The van der Waals surface area contributed by atoms with Crippen LogP contribution >= 0.6 is 11.6 Å². The molecule has 0 aliphatic rings. The van der Waals surface area contributed by atoms with Crippen LogP contribution in [0.2, 0.25) is 5.02 Å². The molecule has 0 saturated carbocycles. The van der Waals surface area contributed by atoms with Gasteiger partial charge in [-0.25, -0.2) is 14.8 Å². The second kappa shape index (κ2) is 7.79. The van der Waals surface area contributed by atoms with E-state index in [1.807, 2.05) is 12.1 Å². The highest BCUT2D eigenvalue weighted by Gasteiger charge is 2.30. The van der Waals surface area contributed by atoms with Gasteiger partial charge in [-0.1, -0.05) is 23.7 Å². The molecule has 0 fully saturated rings. The van der Waals surface area contributed by atoms with Gasteiger partial charge in [0.1, 0.15) is 5.75 Å². The van der Waals surface area contributed by atoms with Crippen molar-refractivity contribution in [3.05, 3.63) is 81.1 Å². The topological polar surface area (TPSA) is 67.9 Å². The molecule has 0 bridgehead atoms. The molecule has 1 aromatic carbocycles. The van der Waals surface area contributed by atoms with Gasteiger partial charge >= 0.3 is 11.9 Å². The normalized spacial score (nSPS) is 11.4. The van der Waals surface area contributed by atoms with E-state index in [2.05, 4.69) is 15.0 Å². The van der Waals surface area contributed by atoms with E-state index >= 15 is 0 Å². The van der Waals surface area contributed by atoms with Crippen LogP contribution in [0.1, 0.15) is 16.8 Å². The second-order valence-corrected chi connectivity index (χ2v) is 6.05. The Morgan fingerprint density at radius 1 is 1.00 bits per heavy atom. The minimum Gasteiger partial charge on any atom is -0.439 e. The number of pyridine rings is 1. The molecule has 2 heterocycles. The molecule has 5 nitrogen and oxygen atoms in total. The predicted octanol–water partition coefficient (Wildman–Crippen LogP) is 4.41. The monoisotopic (exact) mass is 395 g/mol. The minimum atomic E-state index is -4.44. The lowest BCUT2D eigenvalue weighted by Crippen LogP contribution is -2.12. The van der Waals surface area contributed by atoms with Crippen molar-refractivity contribution in [1.29, 1.82) is 0 Å². The number of hydrogen-bond acceptors (Lipinski definition) is 4. The second-order valence-electron chi connectivity index (χ2n) is 5.64. The van der Waals surface area contributed by atoms with E-state index in [1.54, 1.807) is 12.1 Å². The highest BCUT2D eigenvalue weighted by Crippen LogP contribution is 2.30. The van der Waals surface area contributed by atoms with E-state index in [-0.39, 0.29) is 5.88 Å². The summed E-state index contributed by atoms with van der Waals surface area (Å²) in [6, 6.07) is 9.07. The molecule has 3 aromatic rings. The Bertz CT molecular complexity index is 971. The van der Waals surface area contributed by atoms with Crippen molar-refractivity contribution in [2.24, 2.45) is 0 Å². The van der Waals surface area contributed by atoms with Crippen LogP contribution in [0.3, 0.4) is 0 Å². The van der Waals surface area contributed by atoms with Crippen LogP contribution in [0, 0.1) is 0 Å². The standard InChI is InChI=1S/C18H13ClF3N3O2/c19-14-10-24-17(26)25-15(14)7-3-11-1-5-13(6-2-11)27-16-8-4-12(9-23-16)18(20,21)22/h1-2,4-6,8-10H,3,7H2,(H,24,25,26). The average Bonchev–Trinajstić information content (AvgIpc) is 2.63. The average molecular weight is 396 g/mol. The number of nitrogens with zero attached hydrogens (tertiary/aromatic N) is 2. The molecule has 0 unspecified atom stereocenters. The Morgan fingerprint density at radius 3 is 2.37 bits per heavy atom. The minimum absolute atomic E-state index is 0.0666. The lowest BCUT2D eigenvalue weighted by atomic mass is 10.1. The van der Waals surface area contributed by atoms with Gasteiger partial charge in [-0.15, -0.1) is 0 Å². The molecular weight excluding hydrogens is 383 g/mol. The van der Waals surface area contributed by atoms with E-state index in [9.17, 15) is 18.0 Å². The summed E-state index contributed by atoms with van der Waals surface area (Å²) >= 11 is 5.99. The Balaban J connectivity index is 1.62. The molecule has 3 rings (SSSR count). The quantitative estimate of drug-likeness (QED) is 0.694. The van der Waals surface area contributed by atoms with Gasteiger partial charge in [0.2, 0.25) is 5.88 Å². The number of aryl methyl sites for hydroxylation is 2. The molecule has 0 spiro atoms. The molecule has 0 aliphatic carbocycles. The number of aromatic nitrogens is 3. The largest absolute Gasteiger partial charge is 0.439 e. The zero-order valence-corrected chi connectivity index (χ0v) is 14.5. The van der Waals surface area contributed by atoms with Crippen LogP contribution in [0.5, 0.6) is 11.6 Å². The van der Waals surface area contributed by atoms with Crippen LogP contribution in [0.15, 0.2) is 53.6 Å². The number of rotatable bonds is 5. The Kier molecular flexibility index (Phi) is 5.46. The first-order chi connectivity index (χ1) is 12.8. The Labute approximate surface area is 156 Å². The highest BCUT2D eigenvalue weighted by molar-refractivity contribution is 6.31. The van der Waals surface area contributed by atoms with Crippen LogP contribution in [-0.4, -0.2) is 15.0 Å². The summed E-state index contributed by atoms with van der Waals surface area (Å²) in [6.07, 6.45) is -1.25. The molecule has 0 aliphatic heterocycles. The number of H-pyrrole nitrogens is 1. The lowest BCUT2D eigenvalue weighted by Gasteiger charge is -2.09. The van der Waals surface area contributed by atoms with E-state index in [0.29, 0.717) is 29.3 Å². The van der Waals surface area contributed by atoms with Crippen LogP contribution in [-0.2, 0) is 19.0 Å². The fraction of sp³-hybridized carbons (Fsp3) is 0.167. The van der Waals surface area contributed by atoms with Gasteiger partial charge in [0.25, 0.3) is 0 Å². The van der Waals surface area contributed by atoms with Gasteiger partial charge in [0, 0.05) is 18.0 Å². The molecule has 9 heteroatoms. The maximum Gasteiger partial charge on any atom is 0.417 e. The van der Waals surface area contributed by atoms with E-state index in [4.69, 9.17) is 16.3 Å². The van der Waals surface area contributed by atoms with E-state index < -0.39 is 17.4 Å². The fourth-order valence-corrected chi connectivity index (χ4v) is 2.51. The smallest absolute Gasteiger partial charge is 0.417 e. The molecule has 0 atom stereocenters. The summed E-state index contributed by atoms with van der Waals surface area (Å²) in [4.78, 5) is 21.0. The van der Waals surface area contributed by atoms with Gasteiger partial charge in [-0.05, 0) is 36.6 Å². The fourth-order valence-electron chi connectivity index (χ4n) is 2.32. The van der Waals surface area contributed by atoms with Crippen molar-refractivity contribution in [1.82, 2.24) is 15.0 Å². The maximum absolute atomic E-state index is 12.5. The molecular formula is C18H13ClF3N3O2. The first kappa shape index (κ1) is 18.9. The zero-order valence-electron chi connectivity index (χ0n) is 13.8. The summed E-state index contributed by atoms with van der Waals surface area (Å²) in [5.74, 6) is 0.512. The van der Waals surface area contributed by atoms with Gasteiger partial charge in [0.05, 0.1) is 16.8 Å². The number of aromatic amines is 1. The summed E-state index contributed by atoms with van der Waals surface area (Å²) in [7, 11) is 0. The molecule has 0 saturated heterocycles. The van der Waals surface area contributed by atoms with Crippen molar-refractivity contribution in [2.75, 3.05) is 0 Å². The number of benzene rings is 1. The molecule has 1 N–H and O–H groups in total. The van der Waals surface area contributed by atoms with Crippen molar-refractivity contribution < 1.29 is 17.9 Å². The summed E-state index contributed by atoms with van der Waals surface area (Å²) in [6.45, 7) is 0. The van der Waals surface area contributed by atoms with Crippen molar-refractivity contribution in [3.63, 3.8) is 0 Å².